The van der Waals surface area contributed by atoms with Crippen LogP contribution in [-0.2, 0) is 4.79 Å². The molecule has 1 aliphatic rings. The third-order valence-corrected chi connectivity index (χ3v) is 4.84. The lowest BCUT2D eigenvalue weighted by atomic mass is 10.0. The second-order valence-corrected chi connectivity index (χ2v) is 6.45. The van der Waals surface area contributed by atoms with Crippen molar-refractivity contribution in [3.05, 3.63) is 66.2 Å². The highest BCUT2D eigenvalue weighted by atomic mass is 16.3. The van der Waals surface area contributed by atoms with Gasteiger partial charge in [-0.15, -0.1) is 0 Å². The molecule has 25 heavy (non-hydrogen) atoms. The van der Waals surface area contributed by atoms with Crippen LogP contribution in [0.15, 0.2) is 59.3 Å². The minimum absolute atomic E-state index is 0.00165. The van der Waals surface area contributed by atoms with Crippen molar-refractivity contribution in [3.8, 4) is 0 Å². The number of fused-ring (bicyclic) bond motifs is 1. The van der Waals surface area contributed by atoms with Crippen LogP contribution in [0.5, 0.6) is 0 Å². The zero-order chi connectivity index (χ0) is 17.2. The van der Waals surface area contributed by atoms with Crippen molar-refractivity contribution in [3.63, 3.8) is 0 Å². The molecule has 2 unspecified atom stereocenters. The van der Waals surface area contributed by atoms with Gasteiger partial charge in [0.2, 0.25) is 5.91 Å². The Balaban J connectivity index is 1.61. The number of rotatable bonds is 3. The Hall–Kier alpha value is -2.66. The molecule has 1 N–H and O–H groups in total. The second kappa shape index (κ2) is 6.69. The molecule has 0 bridgehead atoms. The number of hydrogen-bond donors (Lipinski definition) is 1. The van der Waals surface area contributed by atoms with E-state index in [-0.39, 0.29) is 17.9 Å². The Morgan fingerprint density at radius 1 is 1.32 bits per heavy atom. The number of carbonyl (C=O) groups excluding carboxylic acids is 1. The fraction of sp³-hybridized carbons (Fsp3) is 0.300. The fourth-order valence-electron chi connectivity index (χ4n) is 3.43. The van der Waals surface area contributed by atoms with Crippen molar-refractivity contribution in [2.24, 2.45) is 0 Å². The van der Waals surface area contributed by atoms with Crippen LogP contribution in [0.1, 0.15) is 30.2 Å². The molecule has 1 aliphatic heterocycles. The molecule has 0 aliphatic carbocycles. The number of hydrogen-bond acceptors (Lipinski definition) is 4. The first-order chi connectivity index (χ1) is 12.2. The maximum atomic E-state index is 13.2. The number of para-hydroxylation sites is 1. The number of nitrogens with zero attached hydrogens (tertiary/aromatic N) is 2. The lowest BCUT2D eigenvalue weighted by Crippen LogP contribution is -2.49. The predicted octanol–water partition coefficient (Wildman–Crippen LogP) is 3.10. The molecule has 5 nitrogen and oxygen atoms in total. The number of amides is 1. The van der Waals surface area contributed by atoms with E-state index >= 15 is 0 Å². The molecule has 3 heterocycles. The van der Waals surface area contributed by atoms with Gasteiger partial charge in [-0.1, -0.05) is 24.3 Å². The molecule has 1 aromatic carbocycles. The lowest BCUT2D eigenvalue weighted by Gasteiger charge is -2.37. The first-order valence-electron chi connectivity index (χ1n) is 8.63. The van der Waals surface area contributed by atoms with Crippen molar-refractivity contribution >= 4 is 16.9 Å². The van der Waals surface area contributed by atoms with Gasteiger partial charge >= 0.3 is 0 Å². The van der Waals surface area contributed by atoms with Crippen molar-refractivity contribution in [2.75, 3.05) is 19.6 Å². The minimum Gasteiger partial charge on any atom is -0.460 e. The van der Waals surface area contributed by atoms with Crippen LogP contribution >= 0.6 is 0 Å². The van der Waals surface area contributed by atoms with Crippen LogP contribution in [0.4, 0.5) is 0 Å². The number of furan rings is 1. The van der Waals surface area contributed by atoms with Crippen LogP contribution in [0.2, 0.25) is 0 Å². The van der Waals surface area contributed by atoms with Gasteiger partial charge in [-0.25, -0.2) is 0 Å². The average molecular weight is 335 g/mol. The normalized spacial score (nSPS) is 19.1. The van der Waals surface area contributed by atoms with Gasteiger partial charge < -0.3 is 14.6 Å². The molecule has 4 rings (SSSR count). The first-order valence-corrected chi connectivity index (χ1v) is 8.63. The van der Waals surface area contributed by atoms with Crippen LogP contribution in [0.3, 0.4) is 0 Å². The Labute approximate surface area is 146 Å². The predicted molar refractivity (Wildman–Crippen MR) is 96.2 cm³/mol. The number of piperazine rings is 1. The maximum absolute atomic E-state index is 13.2. The minimum atomic E-state index is -0.315. The highest BCUT2D eigenvalue weighted by Crippen LogP contribution is 2.30. The molecular weight excluding hydrogens is 314 g/mol. The van der Waals surface area contributed by atoms with E-state index in [1.807, 2.05) is 60.5 Å². The molecular formula is C20H21N3O2. The molecule has 1 fully saturated rings. The lowest BCUT2D eigenvalue weighted by molar-refractivity contribution is -0.136. The first kappa shape index (κ1) is 15.8. The number of carbonyl (C=O) groups is 1. The summed E-state index contributed by atoms with van der Waals surface area (Å²) in [5.41, 5.74) is 1.88. The van der Waals surface area contributed by atoms with Gasteiger partial charge in [0.15, 0.2) is 0 Å². The molecule has 0 radical (unpaired) electrons. The van der Waals surface area contributed by atoms with E-state index in [9.17, 15) is 4.79 Å². The Morgan fingerprint density at radius 2 is 2.20 bits per heavy atom. The maximum Gasteiger partial charge on any atom is 0.233 e. The van der Waals surface area contributed by atoms with Crippen LogP contribution < -0.4 is 5.32 Å². The Morgan fingerprint density at radius 3 is 3.00 bits per heavy atom. The van der Waals surface area contributed by atoms with Gasteiger partial charge in [0.25, 0.3) is 0 Å². The molecule has 1 saturated heterocycles. The number of aromatic nitrogens is 1. The topological polar surface area (TPSA) is 58.4 Å². The molecule has 3 aromatic rings. The highest BCUT2D eigenvalue weighted by molar-refractivity contribution is 5.86. The fourth-order valence-corrected chi connectivity index (χ4v) is 3.43. The second-order valence-electron chi connectivity index (χ2n) is 6.45. The summed E-state index contributed by atoms with van der Waals surface area (Å²) in [6, 6.07) is 13.8. The summed E-state index contributed by atoms with van der Waals surface area (Å²) in [5.74, 6) is 0.494. The summed E-state index contributed by atoms with van der Waals surface area (Å²) in [4.78, 5) is 19.3. The van der Waals surface area contributed by atoms with Gasteiger partial charge in [-0.3, -0.25) is 9.78 Å². The van der Waals surface area contributed by atoms with E-state index in [1.165, 1.54) is 0 Å². The van der Waals surface area contributed by atoms with E-state index in [1.54, 1.807) is 6.20 Å². The third kappa shape index (κ3) is 3.03. The van der Waals surface area contributed by atoms with E-state index in [0.29, 0.717) is 6.54 Å². The van der Waals surface area contributed by atoms with Gasteiger partial charge in [-0.05, 0) is 30.7 Å². The van der Waals surface area contributed by atoms with E-state index < -0.39 is 0 Å². The van der Waals surface area contributed by atoms with Crippen LogP contribution in [-0.4, -0.2) is 35.4 Å². The Bertz CT molecular complexity index is 842. The monoisotopic (exact) mass is 335 g/mol. The van der Waals surface area contributed by atoms with Crippen LogP contribution in [0.25, 0.3) is 11.0 Å². The molecule has 1 amide bonds. The van der Waals surface area contributed by atoms with E-state index in [2.05, 4.69) is 10.3 Å². The van der Waals surface area contributed by atoms with Crippen molar-refractivity contribution in [1.82, 2.24) is 15.2 Å². The van der Waals surface area contributed by atoms with Crippen LogP contribution in [0, 0.1) is 0 Å². The third-order valence-electron chi connectivity index (χ3n) is 4.84. The molecule has 128 valence electrons. The molecule has 0 saturated carbocycles. The average Bonchev–Trinajstić information content (AvgIpc) is 3.12. The van der Waals surface area contributed by atoms with Gasteiger partial charge in [0, 0.05) is 37.4 Å². The smallest absolute Gasteiger partial charge is 0.233 e. The molecule has 2 aromatic heterocycles. The molecule has 0 spiro atoms. The summed E-state index contributed by atoms with van der Waals surface area (Å²) >= 11 is 0. The molecule has 5 heteroatoms. The zero-order valence-electron chi connectivity index (χ0n) is 14.2. The van der Waals surface area contributed by atoms with Crippen molar-refractivity contribution in [2.45, 2.75) is 18.9 Å². The summed E-state index contributed by atoms with van der Waals surface area (Å²) in [7, 11) is 0. The molecule has 2 atom stereocenters. The highest BCUT2D eigenvalue weighted by Gasteiger charge is 2.32. The largest absolute Gasteiger partial charge is 0.460 e. The summed E-state index contributed by atoms with van der Waals surface area (Å²) in [6.07, 6.45) is 3.59. The quantitative estimate of drug-likeness (QED) is 0.799. The number of pyridine rings is 1. The van der Waals surface area contributed by atoms with Gasteiger partial charge in [0.1, 0.15) is 11.3 Å². The zero-order valence-corrected chi connectivity index (χ0v) is 14.2. The van der Waals surface area contributed by atoms with Crippen molar-refractivity contribution < 1.29 is 9.21 Å². The number of benzene rings is 1. The Kier molecular flexibility index (Phi) is 4.24. The summed E-state index contributed by atoms with van der Waals surface area (Å²) in [5, 5.41) is 4.40. The SMILES string of the molecule is CC(C(=O)N1CCNCC1c1cccnc1)c1cc2ccccc2o1. The van der Waals surface area contributed by atoms with E-state index in [4.69, 9.17) is 4.42 Å². The number of nitrogens with one attached hydrogen (secondary N) is 1. The van der Waals surface area contributed by atoms with E-state index in [0.717, 1.165) is 35.4 Å². The van der Waals surface area contributed by atoms with Crippen molar-refractivity contribution in [1.29, 1.82) is 0 Å². The standard InChI is InChI=1S/C20H21N3O2/c1-14(19-11-15-5-2-3-7-18(15)25-19)20(24)23-10-9-22-13-17(23)16-6-4-8-21-12-16/h2-8,11-12,14,17,22H,9-10,13H2,1H3. The van der Waals surface area contributed by atoms with Gasteiger partial charge in [0.05, 0.1) is 12.0 Å². The summed E-state index contributed by atoms with van der Waals surface area (Å²) in [6.45, 7) is 4.14. The summed E-state index contributed by atoms with van der Waals surface area (Å²) < 4.78 is 5.91. The van der Waals surface area contributed by atoms with Gasteiger partial charge in [-0.2, -0.15) is 0 Å².